The minimum Gasteiger partial charge on any atom is -0.481 e. The van der Waals surface area contributed by atoms with Gasteiger partial charge < -0.3 is 19.6 Å². The lowest BCUT2D eigenvalue weighted by molar-refractivity contribution is -0.136. The number of ether oxygens (including phenoxy) is 1. The molecule has 0 spiro atoms. The first-order chi connectivity index (χ1) is 26.7. The van der Waals surface area contributed by atoms with Crippen LogP contribution in [0.15, 0.2) is 46.4 Å². The fraction of sp³-hybridized carbons (Fsp3) is 0.361. The smallest absolute Gasteiger partial charge is 0.339 e. The number of sulfone groups is 1. The second-order valence-electron chi connectivity index (χ2n) is 13.0. The van der Waals surface area contributed by atoms with Crippen LogP contribution in [-0.4, -0.2) is 96.6 Å². The number of carboxylic acid groups (broad SMARTS) is 1. The number of carboxylic acids is 1. The maximum absolute atomic E-state index is 14.7. The molecule has 2 aromatic rings. The zero-order chi connectivity index (χ0) is 42.4. The van der Waals surface area contributed by atoms with Crippen LogP contribution in [0.5, 0.6) is 5.75 Å². The molecule has 1 fully saturated rings. The Bertz CT molecular complexity index is 2240. The van der Waals surface area contributed by atoms with Crippen LogP contribution in [-0.2, 0) is 43.2 Å². The van der Waals surface area contributed by atoms with E-state index < -0.39 is 77.1 Å². The summed E-state index contributed by atoms with van der Waals surface area (Å²) in [7, 11) is -7.54. The molecule has 4 N–H and O–H groups in total. The number of ketones is 3. The van der Waals surface area contributed by atoms with Gasteiger partial charge in [-0.05, 0) is 56.4 Å². The van der Waals surface area contributed by atoms with Crippen LogP contribution in [0, 0.1) is 24.1 Å². The Hall–Kier alpha value is -5.09. The normalized spacial score (nSPS) is 17.1. The average molecular weight is 852 g/mol. The first kappa shape index (κ1) is 44.6. The van der Waals surface area contributed by atoms with Crippen LogP contribution < -0.4 is 19.9 Å². The van der Waals surface area contributed by atoms with Crippen molar-refractivity contribution in [2.24, 2.45) is 5.92 Å². The summed E-state index contributed by atoms with van der Waals surface area (Å²) >= 11 is 5.94. The average Bonchev–Trinajstić information content (AvgIpc) is 3.37. The number of carbonyl (C=O) groups is 7. The highest BCUT2D eigenvalue weighted by molar-refractivity contribution is 7.90. The monoisotopic (exact) mass is 851 g/mol. The molecule has 57 heavy (non-hydrogen) atoms. The fourth-order valence-electron chi connectivity index (χ4n) is 6.19. The SMILES string of the molecule is C#CCN1C(=O)COc2cc(F)c(N3C(=O)C4=C(CCCC4)C3=O)cc21.CS(=O)(=O)c1ccc(C(=O)C2C(=O)CCCC2=O)c(Cl)c1.O=C(O)CNCP(=O)(O)O. The molecule has 3 amide bonds. The van der Waals surface area contributed by atoms with Gasteiger partial charge in [-0.15, -0.1) is 6.42 Å². The van der Waals surface area contributed by atoms with Crippen LogP contribution in [0.2, 0.25) is 5.02 Å². The van der Waals surface area contributed by atoms with Gasteiger partial charge in [-0.25, -0.2) is 17.7 Å². The quantitative estimate of drug-likeness (QED) is 0.0930. The molecule has 2 aliphatic carbocycles. The molecule has 21 heteroatoms. The predicted molar refractivity (Wildman–Crippen MR) is 200 cm³/mol. The van der Waals surface area contributed by atoms with E-state index in [1.165, 1.54) is 23.1 Å². The van der Waals surface area contributed by atoms with Crippen LogP contribution in [0.4, 0.5) is 15.8 Å². The summed E-state index contributed by atoms with van der Waals surface area (Å²) in [6.07, 6.45) is 9.29. The summed E-state index contributed by atoms with van der Waals surface area (Å²) in [5.74, 6) is -3.51. The molecular weight excluding hydrogens is 816 g/mol. The third kappa shape index (κ3) is 10.9. The Morgan fingerprint density at radius 2 is 1.58 bits per heavy atom. The number of imide groups is 1. The van der Waals surface area contributed by atoms with Gasteiger partial charge in [0.25, 0.3) is 17.7 Å². The number of nitrogens with one attached hydrogen (secondary N) is 1. The van der Waals surface area contributed by atoms with Gasteiger partial charge in [0.2, 0.25) is 0 Å². The molecule has 2 heterocycles. The highest BCUT2D eigenvalue weighted by Crippen LogP contribution is 2.42. The van der Waals surface area contributed by atoms with Crippen molar-refractivity contribution < 1.29 is 70.6 Å². The molecule has 0 aromatic heterocycles. The molecule has 0 radical (unpaired) electrons. The third-order valence-electron chi connectivity index (χ3n) is 8.83. The second kappa shape index (κ2) is 18.4. The minimum atomic E-state index is -4.10. The van der Waals surface area contributed by atoms with Crippen molar-refractivity contribution >= 4 is 81.4 Å². The van der Waals surface area contributed by atoms with E-state index in [0.717, 1.165) is 36.1 Å². The van der Waals surface area contributed by atoms with E-state index in [9.17, 15) is 50.9 Å². The van der Waals surface area contributed by atoms with Crippen LogP contribution in [0.25, 0.3) is 0 Å². The first-order valence-electron chi connectivity index (χ1n) is 17.0. The van der Waals surface area contributed by atoms with E-state index in [4.69, 9.17) is 37.7 Å². The summed E-state index contributed by atoms with van der Waals surface area (Å²) < 4.78 is 52.8. The van der Waals surface area contributed by atoms with Gasteiger partial charge in [0.05, 0.1) is 40.7 Å². The minimum absolute atomic E-state index is 0.00216. The highest BCUT2D eigenvalue weighted by atomic mass is 35.5. The molecule has 304 valence electrons. The van der Waals surface area contributed by atoms with Crippen molar-refractivity contribution in [3.05, 3.63) is 57.9 Å². The number of amides is 3. The molecule has 0 saturated heterocycles. The molecule has 6 rings (SSSR count). The number of terminal acetylenes is 1. The predicted octanol–water partition coefficient (Wildman–Crippen LogP) is 2.59. The number of anilines is 2. The molecule has 4 aliphatic rings. The number of fused-ring (bicyclic) bond motifs is 1. The maximum atomic E-state index is 14.7. The number of Topliss-reactive ketones (excluding diaryl/α,β-unsaturated/α-hetero) is 3. The van der Waals surface area contributed by atoms with Crippen LogP contribution >= 0.6 is 19.2 Å². The van der Waals surface area contributed by atoms with Crippen molar-refractivity contribution in [1.29, 1.82) is 0 Å². The number of benzene rings is 2. The number of hydrogen-bond acceptors (Lipinski definition) is 12. The largest absolute Gasteiger partial charge is 0.481 e. The van der Waals surface area contributed by atoms with Crippen LogP contribution in [0.3, 0.4) is 0 Å². The Balaban J connectivity index is 0.000000209. The Morgan fingerprint density at radius 3 is 2.09 bits per heavy atom. The highest BCUT2D eigenvalue weighted by Gasteiger charge is 2.42. The Kier molecular flexibility index (Phi) is 14.4. The van der Waals surface area contributed by atoms with Gasteiger partial charge in [0, 0.05) is 41.9 Å². The first-order valence-corrected chi connectivity index (χ1v) is 21.1. The number of carbonyl (C=O) groups excluding carboxylic acids is 6. The van der Waals surface area contributed by atoms with Crippen molar-refractivity contribution in [3.63, 3.8) is 0 Å². The summed E-state index contributed by atoms with van der Waals surface area (Å²) in [6, 6.07) is 6.01. The van der Waals surface area contributed by atoms with Crippen molar-refractivity contribution in [1.82, 2.24) is 5.32 Å². The molecule has 2 aliphatic heterocycles. The molecule has 0 unspecified atom stereocenters. The lowest BCUT2D eigenvalue weighted by Gasteiger charge is -2.29. The second-order valence-corrected chi connectivity index (χ2v) is 17.1. The number of halogens is 2. The lowest BCUT2D eigenvalue weighted by Crippen LogP contribution is -2.39. The molecule has 0 atom stereocenters. The zero-order valence-corrected chi connectivity index (χ0v) is 32.6. The molecule has 17 nitrogen and oxygen atoms in total. The van der Waals surface area contributed by atoms with Crippen molar-refractivity contribution in [2.75, 3.05) is 42.0 Å². The van der Waals surface area contributed by atoms with Crippen molar-refractivity contribution in [2.45, 2.75) is 49.8 Å². The lowest BCUT2D eigenvalue weighted by atomic mass is 9.82. The number of rotatable bonds is 9. The van der Waals surface area contributed by atoms with E-state index in [1.54, 1.807) is 0 Å². The fourth-order valence-corrected chi connectivity index (χ4v) is 7.58. The van der Waals surface area contributed by atoms with Gasteiger partial charge in [0.1, 0.15) is 11.7 Å². The standard InChI is InChI=1S/C19H15FN2O4.C14H13ClO5S.C3H8NO5P/c1-2-7-21-15-9-14(13(20)8-16(15)26-10-17(21)23)22-18(24)11-5-3-4-6-12(11)19(22)25;1-21(19,20)8-5-6-9(10(15)7-8)14(18)13-11(16)3-2-4-12(13)17;5-3(6)1-4-2-10(7,8)9/h1,8-9H,3-7,10H2;5-7,13H,2-4H2,1H3;4H,1-2H2,(H,5,6)(H2,7,8,9). The maximum Gasteiger partial charge on any atom is 0.339 e. The molecule has 1 saturated carbocycles. The van der Waals surface area contributed by atoms with E-state index >= 15 is 0 Å². The molecule has 0 bridgehead atoms. The van der Waals surface area contributed by atoms with Gasteiger partial charge in [0.15, 0.2) is 39.6 Å². The Labute approximate surface area is 330 Å². The van der Waals surface area contributed by atoms with E-state index in [0.29, 0.717) is 30.4 Å². The van der Waals surface area contributed by atoms with Crippen LogP contribution in [0.1, 0.15) is 55.3 Å². The van der Waals surface area contributed by atoms with Gasteiger partial charge >= 0.3 is 13.6 Å². The summed E-state index contributed by atoms with van der Waals surface area (Å²) in [6.45, 7) is -0.701. The Morgan fingerprint density at radius 1 is 0.982 bits per heavy atom. The van der Waals surface area contributed by atoms with E-state index in [2.05, 4.69) is 11.2 Å². The van der Waals surface area contributed by atoms with Gasteiger partial charge in [-0.2, -0.15) is 0 Å². The summed E-state index contributed by atoms with van der Waals surface area (Å²) in [5, 5.41) is 9.98. The van der Waals surface area contributed by atoms with Gasteiger partial charge in [-0.3, -0.25) is 48.3 Å². The molecular formula is C36H36ClFN3O14PS. The van der Waals surface area contributed by atoms with Gasteiger partial charge in [-0.1, -0.05) is 17.5 Å². The summed E-state index contributed by atoms with van der Waals surface area (Å²) in [5.41, 5.74) is 0.990. The number of hydrogen-bond donors (Lipinski definition) is 4. The summed E-state index contributed by atoms with van der Waals surface area (Å²) in [4.78, 5) is 102. The van der Waals surface area contributed by atoms with E-state index in [-0.39, 0.29) is 64.5 Å². The van der Waals surface area contributed by atoms with E-state index in [1.807, 2.05) is 0 Å². The number of nitrogens with zero attached hydrogens (tertiary/aromatic N) is 2. The molecule has 2 aromatic carbocycles. The third-order valence-corrected chi connectivity index (χ3v) is 10.9. The number of aliphatic carboxylic acids is 1. The topological polar surface area (TPSA) is 259 Å². The zero-order valence-electron chi connectivity index (χ0n) is 30.2. The van der Waals surface area contributed by atoms with Crippen molar-refractivity contribution in [3.8, 4) is 18.1 Å².